The van der Waals surface area contributed by atoms with Gasteiger partial charge in [0.2, 0.25) is 0 Å². The van der Waals surface area contributed by atoms with Crippen molar-refractivity contribution in [3.63, 3.8) is 0 Å². The van der Waals surface area contributed by atoms with Gasteiger partial charge < -0.3 is 0 Å². The first-order chi connectivity index (χ1) is 12.9. The molecule has 0 fully saturated rings. The highest BCUT2D eigenvalue weighted by Crippen LogP contribution is 2.36. The van der Waals surface area contributed by atoms with E-state index in [0.29, 0.717) is 22.0 Å². The van der Waals surface area contributed by atoms with Crippen LogP contribution in [0.25, 0.3) is 0 Å². The monoisotopic (exact) mass is 441 g/mol. The molecule has 0 aliphatic heterocycles. The number of pyridine rings is 1. The van der Waals surface area contributed by atoms with Gasteiger partial charge in [-0.3, -0.25) is 4.79 Å². The molecule has 0 saturated heterocycles. The Labute approximate surface area is 173 Å². The SMILES string of the molecule is CCC(CC)(CC)CCCCCCCCCc1cc(Br)nc(C(C)=O)c1F. The molecule has 0 aliphatic rings. The lowest BCUT2D eigenvalue weighted by atomic mass is 9.75. The Balaban J connectivity index is 2.22. The zero-order chi connectivity index (χ0) is 20.3. The van der Waals surface area contributed by atoms with Gasteiger partial charge in [-0.25, -0.2) is 9.37 Å². The minimum Gasteiger partial charge on any atom is -0.293 e. The number of hydrogen-bond donors (Lipinski definition) is 0. The molecule has 0 atom stereocenters. The molecular formula is C23H37BrFNO. The molecule has 0 unspecified atom stereocenters. The lowest BCUT2D eigenvalue weighted by molar-refractivity contribution is 0.100. The maximum absolute atomic E-state index is 14.3. The fraction of sp³-hybridized carbons (Fsp3) is 0.739. The third-order valence-corrected chi connectivity index (χ3v) is 6.64. The Hall–Kier alpha value is -0.770. The van der Waals surface area contributed by atoms with Crippen LogP contribution in [0.4, 0.5) is 4.39 Å². The van der Waals surface area contributed by atoms with E-state index in [1.807, 2.05) is 0 Å². The number of aryl methyl sites for hydroxylation is 1. The lowest BCUT2D eigenvalue weighted by Gasteiger charge is -2.30. The number of carbonyl (C=O) groups is 1. The molecule has 1 aromatic heterocycles. The summed E-state index contributed by atoms with van der Waals surface area (Å²) in [6.07, 6.45) is 14.4. The molecule has 2 nitrogen and oxygen atoms in total. The van der Waals surface area contributed by atoms with Crippen molar-refractivity contribution in [1.29, 1.82) is 0 Å². The van der Waals surface area contributed by atoms with Crippen LogP contribution in [0.1, 0.15) is 114 Å². The second-order valence-corrected chi connectivity index (χ2v) is 8.67. The molecule has 27 heavy (non-hydrogen) atoms. The number of Topliss-reactive ketones (excluding diaryl/α,β-unsaturated/α-hetero) is 1. The number of unbranched alkanes of at least 4 members (excludes halogenated alkanes) is 6. The van der Waals surface area contributed by atoms with Crippen LogP contribution < -0.4 is 0 Å². The molecule has 0 bridgehead atoms. The average Bonchev–Trinajstić information content (AvgIpc) is 2.66. The van der Waals surface area contributed by atoms with E-state index in [-0.39, 0.29) is 11.5 Å². The highest BCUT2D eigenvalue weighted by molar-refractivity contribution is 9.10. The summed E-state index contributed by atoms with van der Waals surface area (Å²) in [7, 11) is 0. The van der Waals surface area contributed by atoms with E-state index in [1.54, 1.807) is 6.07 Å². The minimum absolute atomic E-state index is 0.0540. The predicted octanol–water partition coefficient (Wildman–Crippen LogP) is 8.07. The van der Waals surface area contributed by atoms with E-state index in [4.69, 9.17) is 0 Å². The maximum atomic E-state index is 14.3. The van der Waals surface area contributed by atoms with Crippen LogP contribution in [0, 0.1) is 11.2 Å². The zero-order valence-electron chi connectivity index (χ0n) is 17.7. The van der Waals surface area contributed by atoms with Crippen LogP contribution in [0.2, 0.25) is 0 Å². The van der Waals surface area contributed by atoms with Crippen LogP contribution in [0.3, 0.4) is 0 Å². The number of nitrogens with zero attached hydrogens (tertiary/aromatic N) is 1. The van der Waals surface area contributed by atoms with E-state index in [1.165, 1.54) is 64.7 Å². The van der Waals surface area contributed by atoms with Gasteiger partial charge >= 0.3 is 0 Å². The summed E-state index contributed by atoms with van der Waals surface area (Å²) >= 11 is 3.27. The van der Waals surface area contributed by atoms with E-state index in [0.717, 1.165) is 12.8 Å². The number of carbonyl (C=O) groups excluding carboxylic acids is 1. The molecule has 1 aromatic rings. The van der Waals surface area contributed by atoms with Crippen molar-refractivity contribution in [2.45, 2.75) is 105 Å². The minimum atomic E-state index is -0.447. The van der Waals surface area contributed by atoms with Crippen molar-refractivity contribution in [2.24, 2.45) is 5.41 Å². The molecule has 4 heteroatoms. The molecule has 0 spiro atoms. The number of rotatable bonds is 14. The van der Waals surface area contributed by atoms with E-state index in [9.17, 15) is 9.18 Å². The van der Waals surface area contributed by atoms with Crippen LogP contribution >= 0.6 is 15.9 Å². The molecular weight excluding hydrogens is 405 g/mol. The standard InChI is InChI=1S/C23H37BrFNO/c1-5-23(6-2,7-3)16-14-12-10-8-9-11-13-15-19-17-20(24)26-22(18(4)27)21(19)25/h17H,5-16H2,1-4H3. The summed E-state index contributed by atoms with van der Waals surface area (Å²) in [5.74, 6) is -0.773. The summed E-state index contributed by atoms with van der Waals surface area (Å²) in [5.41, 5.74) is 1.11. The Morgan fingerprint density at radius 1 is 1.00 bits per heavy atom. The average molecular weight is 442 g/mol. The van der Waals surface area contributed by atoms with Crippen LogP contribution in [0.5, 0.6) is 0 Å². The van der Waals surface area contributed by atoms with Gasteiger partial charge in [0.1, 0.15) is 10.3 Å². The van der Waals surface area contributed by atoms with Gasteiger partial charge in [0.15, 0.2) is 11.6 Å². The lowest BCUT2D eigenvalue weighted by Crippen LogP contribution is -2.17. The molecule has 0 aliphatic carbocycles. The summed E-state index contributed by atoms with van der Waals surface area (Å²) in [6, 6.07) is 1.70. The highest BCUT2D eigenvalue weighted by Gasteiger charge is 2.22. The van der Waals surface area contributed by atoms with Gasteiger partial charge in [0, 0.05) is 6.92 Å². The molecule has 0 amide bonds. The van der Waals surface area contributed by atoms with Crippen LogP contribution in [-0.4, -0.2) is 10.8 Å². The van der Waals surface area contributed by atoms with Crippen molar-refractivity contribution < 1.29 is 9.18 Å². The third-order valence-electron chi connectivity index (χ3n) is 6.24. The number of hydrogen-bond acceptors (Lipinski definition) is 2. The Kier molecular flexibility index (Phi) is 11.4. The van der Waals surface area contributed by atoms with Gasteiger partial charge in [-0.15, -0.1) is 0 Å². The van der Waals surface area contributed by atoms with Gasteiger partial charge in [-0.05, 0) is 52.2 Å². The molecule has 0 N–H and O–H groups in total. The topological polar surface area (TPSA) is 30.0 Å². The number of aromatic nitrogens is 1. The number of ketones is 1. The molecule has 1 heterocycles. The Morgan fingerprint density at radius 2 is 1.52 bits per heavy atom. The highest BCUT2D eigenvalue weighted by atomic mass is 79.9. The maximum Gasteiger partial charge on any atom is 0.181 e. The molecule has 0 saturated carbocycles. The summed E-state index contributed by atoms with van der Waals surface area (Å²) in [5, 5.41) is 0. The molecule has 0 aromatic carbocycles. The molecule has 0 radical (unpaired) electrons. The largest absolute Gasteiger partial charge is 0.293 e. The van der Waals surface area contributed by atoms with E-state index in [2.05, 4.69) is 41.7 Å². The Bertz CT molecular complexity index is 576. The van der Waals surface area contributed by atoms with Crippen molar-refractivity contribution in [2.75, 3.05) is 0 Å². The smallest absolute Gasteiger partial charge is 0.181 e. The Morgan fingerprint density at radius 3 is 2.04 bits per heavy atom. The molecule has 154 valence electrons. The van der Waals surface area contributed by atoms with Gasteiger partial charge in [0.25, 0.3) is 0 Å². The number of halogens is 2. The fourth-order valence-corrected chi connectivity index (χ4v) is 4.40. The first-order valence-electron chi connectivity index (χ1n) is 10.7. The third kappa shape index (κ3) is 8.01. The summed E-state index contributed by atoms with van der Waals surface area (Å²) in [6.45, 7) is 8.34. The first-order valence-corrected chi connectivity index (χ1v) is 11.5. The van der Waals surface area contributed by atoms with Crippen molar-refractivity contribution in [1.82, 2.24) is 4.98 Å². The first kappa shape index (κ1) is 24.3. The molecule has 1 rings (SSSR count). The van der Waals surface area contributed by atoms with Crippen LogP contribution in [-0.2, 0) is 6.42 Å². The zero-order valence-corrected chi connectivity index (χ0v) is 19.3. The van der Waals surface area contributed by atoms with Crippen molar-refractivity contribution in [3.8, 4) is 0 Å². The van der Waals surface area contributed by atoms with Crippen molar-refractivity contribution >= 4 is 21.7 Å². The second-order valence-electron chi connectivity index (χ2n) is 7.86. The van der Waals surface area contributed by atoms with Crippen LogP contribution in [0.15, 0.2) is 10.7 Å². The fourth-order valence-electron chi connectivity index (χ4n) is 3.94. The summed E-state index contributed by atoms with van der Waals surface area (Å²) in [4.78, 5) is 15.4. The second kappa shape index (κ2) is 12.6. The predicted molar refractivity (Wildman–Crippen MR) is 116 cm³/mol. The van der Waals surface area contributed by atoms with E-state index >= 15 is 0 Å². The van der Waals surface area contributed by atoms with Gasteiger partial charge in [-0.1, -0.05) is 78.6 Å². The van der Waals surface area contributed by atoms with Gasteiger partial charge in [0.05, 0.1) is 0 Å². The van der Waals surface area contributed by atoms with E-state index < -0.39 is 5.82 Å². The summed E-state index contributed by atoms with van der Waals surface area (Å²) < 4.78 is 14.8. The van der Waals surface area contributed by atoms with Crippen molar-refractivity contribution in [3.05, 3.63) is 27.7 Å². The quantitative estimate of drug-likeness (QED) is 0.166. The normalized spacial score (nSPS) is 11.8. The van der Waals surface area contributed by atoms with Gasteiger partial charge in [-0.2, -0.15) is 0 Å².